The zero-order valence-corrected chi connectivity index (χ0v) is 11.2. The minimum absolute atomic E-state index is 0.0925. The van der Waals surface area contributed by atoms with Gasteiger partial charge >= 0.3 is 0 Å². The fourth-order valence-electron chi connectivity index (χ4n) is 2.37. The van der Waals surface area contributed by atoms with E-state index in [2.05, 4.69) is 16.0 Å². The first-order valence-electron chi connectivity index (χ1n) is 6.23. The molecule has 2 heterocycles. The Balaban J connectivity index is 1.78. The Morgan fingerprint density at radius 3 is 2.80 bits per heavy atom. The maximum absolute atomic E-state index is 12.0. The fourth-order valence-corrected chi connectivity index (χ4v) is 2.58. The summed E-state index contributed by atoms with van der Waals surface area (Å²) in [5.41, 5.74) is 1.94. The van der Waals surface area contributed by atoms with Gasteiger partial charge in [-0.05, 0) is 17.7 Å². The lowest BCUT2D eigenvalue weighted by Crippen LogP contribution is -2.24. The zero-order valence-electron chi connectivity index (χ0n) is 10.5. The maximum Gasteiger partial charge on any atom is 0.229 e. The summed E-state index contributed by atoms with van der Waals surface area (Å²) in [7, 11) is 0. The number of rotatable bonds is 2. The van der Waals surface area contributed by atoms with Crippen LogP contribution in [-0.2, 0) is 20.8 Å². The van der Waals surface area contributed by atoms with E-state index in [4.69, 9.17) is 11.6 Å². The molecule has 1 fully saturated rings. The number of benzene rings is 1. The predicted octanol–water partition coefficient (Wildman–Crippen LogP) is 0.909. The molecule has 2 aliphatic rings. The minimum Gasteiger partial charge on any atom is -0.355 e. The Labute approximate surface area is 119 Å². The molecule has 3 N–H and O–H groups in total. The average molecular weight is 294 g/mol. The van der Waals surface area contributed by atoms with Crippen LogP contribution in [0.3, 0.4) is 0 Å². The number of hydrogen-bond donors (Lipinski definition) is 3. The molecule has 0 radical (unpaired) electrons. The molecule has 1 saturated heterocycles. The lowest BCUT2D eigenvalue weighted by atomic mass is 10.1. The second-order valence-corrected chi connectivity index (χ2v) is 5.32. The van der Waals surface area contributed by atoms with Gasteiger partial charge < -0.3 is 16.0 Å². The molecule has 2 aliphatic heterocycles. The van der Waals surface area contributed by atoms with Gasteiger partial charge in [0.15, 0.2) is 0 Å². The number of hydrogen-bond acceptors (Lipinski definition) is 3. The standard InChI is InChI=1S/C13H12ClN3O3/c14-8-4-9-6(2-12(19)16-9)1-10(8)17-13(20)7-3-11(18)15-5-7/h1,4,7H,2-3,5H2,(H,15,18)(H,16,19)(H,17,20). The van der Waals surface area contributed by atoms with Crippen molar-refractivity contribution in [1.29, 1.82) is 0 Å². The van der Waals surface area contributed by atoms with Gasteiger partial charge in [-0.1, -0.05) is 11.6 Å². The third-order valence-corrected chi connectivity index (χ3v) is 3.74. The number of carbonyl (C=O) groups is 3. The molecule has 1 atom stereocenters. The SMILES string of the molecule is O=C1CC(C(=O)Nc2cc3c(cc2Cl)NC(=O)C3)CN1. The topological polar surface area (TPSA) is 87.3 Å². The highest BCUT2D eigenvalue weighted by Crippen LogP contribution is 2.33. The molecule has 0 spiro atoms. The van der Waals surface area contributed by atoms with Crippen LogP contribution in [0.25, 0.3) is 0 Å². The largest absolute Gasteiger partial charge is 0.355 e. The van der Waals surface area contributed by atoms with Crippen molar-refractivity contribution >= 4 is 40.7 Å². The van der Waals surface area contributed by atoms with Gasteiger partial charge in [0.25, 0.3) is 0 Å². The highest BCUT2D eigenvalue weighted by molar-refractivity contribution is 6.34. The zero-order chi connectivity index (χ0) is 14.3. The second-order valence-electron chi connectivity index (χ2n) is 4.91. The third-order valence-electron chi connectivity index (χ3n) is 3.42. The number of halogens is 1. The molecule has 1 unspecified atom stereocenters. The first kappa shape index (κ1) is 12.9. The van der Waals surface area contributed by atoms with Crippen molar-refractivity contribution in [2.24, 2.45) is 5.92 Å². The molecule has 1 aromatic carbocycles. The van der Waals surface area contributed by atoms with Gasteiger partial charge in [0.1, 0.15) is 0 Å². The van der Waals surface area contributed by atoms with Crippen molar-refractivity contribution in [2.45, 2.75) is 12.8 Å². The van der Waals surface area contributed by atoms with E-state index in [-0.39, 0.29) is 36.5 Å². The molecule has 3 amide bonds. The molecule has 1 aromatic rings. The Bertz CT molecular complexity index is 630. The quantitative estimate of drug-likeness (QED) is 0.757. The highest BCUT2D eigenvalue weighted by Gasteiger charge is 2.28. The third kappa shape index (κ3) is 2.34. The minimum atomic E-state index is -0.383. The lowest BCUT2D eigenvalue weighted by Gasteiger charge is -2.12. The van der Waals surface area contributed by atoms with E-state index in [9.17, 15) is 14.4 Å². The predicted molar refractivity (Wildman–Crippen MR) is 73.5 cm³/mol. The van der Waals surface area contributed by atoms with Crippen molar-refractivity contribution in [3.05, 3.63) is 22.7 Å². The van der Waals surface area contributed by atoms with Crippen LogP contribution in [0.2, 0.25) is 5.02 Å². The normalized spacial score (nSPS) is 20.4. The van der Waals surface area contributed by atoms with Crippen LogP contribution in [0.5, 0.6) is 0 Å². The summed E-state index contributed by atoms with van der Waals surface area (Å²) in [6, 6.07) is 3.31. The molecule has 3 rings (SSSR count). The van der Waals surface area contributed by atoms with E-state index < -0.39 is 0 Å². The molecule has 0 aromatic heterocycles. The van der Waals surface area contributed by atoms with E-state index in [0.717, 1.165) is 5.56 Å². The summed E-state index contributed by atoms with van der Waals surface area (Å²) in [5, 5.41) is 8.37. The van der Waals surface area contributed by atoms with E-state index >= 15 is 0 Å². The average Bonchev–Trinajstić information content (AvgIpc) is 2.95. The fraction of sp³-hybridized carbons (Fsp3) is 0.308. The van der Waals surface area contributed by atoms with Crippen molar-refractivity contribution in [2.75, 3.05) is 17.2 Å². The van der Waals surface area contributed by atoms with Crippen molar-refractivity contribution in [1.82, 2.24) is 5.32 Å². The van der Waals surface area contributed by atoms with Crippen LogP contribution in [-0.4, -0.2) is 24.3 Å². The molecule has 6 nitrogen and oxygen atoms in total. The van der Waals surface area contributed by atoms with Crippen LogP contribution in [0, 0.1) is 5.92 Å². The van der Waals surface area contributed by atoms with E-state index in [0.29, 0.717) is 22.9 Å². The van der Waals surface area contributed by atoms with E-state index in [1.807, 2.05) is 0 Å². The lowest BCUT2D eigenvalue weighted by molar-refractivity contribution is -0.123. The molecule has 7 heteroatoms. The Morgan fingerprint density at radius 2 is 2.10 bits per heavy atom. The van der Waals surface area contributed by atoms with Crippen molar-refractivity contribution < 1.29 is 14.4 Å². The summed E-state index contributed by atoms with van der Waals surface area (Å²) in [6.07, 6.45) is 0.466. The molecule has 104 valence electrons. The Hall–Kier alpha value is -2.08. The summed E-state index contributed by atoms with van der Waals surface area (Å²) >= 11 is 6.09. The summed E-state index contributed by atoms with van der Waals surface area (Å²) < 4.78 is 0. The summed E-state index contributed by atoms with van der Waals surface area (Å²) in [4.78, 5) is 34.4. The first-order chi connectivity index (χ1) is 9.52. The Morgan fingerprint density at radius 1 is 1.30 bits per heavy atom. The Kier molecular flexibility index (Phi) is 3.10. The van der Waals surface area contributed by atoms with Crippen LogP contribution in [0.15, 0.2) is 12.1 Å². The summed E-state index contributed by atoms with van der Waals surface area (Å²) in [6.45, 7) is 0.341. The molecular formula is C13H12ClN3O3. The molecule has 0 bridgehead atoms. The van der Waals surface area contributed by atoms with Gasteiger partial charge in [0, 0.05) is 18.7 Å². The number of carbonyl (C=O) groups excluding carboxylic acids is 3. The first-order valence-corrected chi connectivity index (χ1v) is 6.60. The molecule has 0 saturated carbocycles. The molecular weight excluding hydrogens is 282 g/mol. The highest BCUT2D eigenvalue weighted by atomic mass is 35.5. The van der Waals surface area contributed by atoms with Gasteiger partial charge in [0.2, 0.25) is 17.7 Å². The van der Waals surface area contributed by atoms with E-state index in [1.54, 1.807) is 12.1 Å². The van der Waals surface area contributed by atoms with Crippen molar-refractivity contribution in [3.8, 4) is 0 Å². The van der Waals surface area contributed by atoms with Crippen LogP contribution in [0.1, 0.15) is 12.0 Å². The monoisotopic (exact) mass is 293 g/mol. The van der Waals surface area contributed by atoms with Crippen molar-refractivity contribution in [3.63, 3.8) is 0 Å². The summed E-state index contributed by atoms with van der Waals surface area (Å²) in [5.74, 6) is -0.848. The van der Waals surface area contributed by atoms with Crippen LogP contribution in [0.4, 0.5) is 11.4 Å². The van der Waals surface area contributed by atoms with Gasteiger partial charge in [-0.2, -0.15) is 0 Å². The number of nitrogens with one attached hydrogen (secondary N) is 3. The van der Waals surface area contributed by atoms with E-state index in [1.165, 1.54) is 0 Å². The van der Waals surface area contributed by atoms with Gasteiger partial charge in [0.05, 0.1) is 23.0 Å². The second kappa shape index (κ2) is 4.79. The molecule has 20 heavy (non-hydrogen) atoms. The van der Waals surface area contributed by atoms with Crippen LogP contribution >= 0.6 is 11.6 Å². The van der Waals surface area contributed by atoms with Gasteiger partial charge in [-0.15, -0.1) is 0 Å². The van der Waals surface area contributed by atoms with Crippen LogP contribution < -0.4 is 16.0 Å². The smallest absolute Gasteiger partial charge is 0.229 e. The number of anilines is 2. The van der Waals surface area contributed by atoms with Gasteiger partial charge in [-0.25, -0.2) is 0 Å². The maximum atomic E-state index is 12.0. The number of fused-ring (bicyclic) bond motifs is 1. The number of amides is 3. The van der Waals surface area contributed by atoms with Gasteiger partial charge in [-0.3, -0.25) is 14.4 Å². The molecule has 0 aliphatic carbocycles.